The third-order valence-corrected chi connectivity index (χ3v) is 1.74. The number of alkyl halides is 1. The van der Waals surface area contributed by atoms with Crippen LogP contribution in [0.2, 0.25) is 0 Å². The molecule has 0 amide bonds. The molecule has 4 heteroatoms. The average molecular weight is 190 g/mol. The molecule has 0 aromatic rings. The molecule has 0 aliphatic carbocycles. The first-order chi connectivity index (χ1) is 5.81. The lowest BCUT2D eigenvalue weighted by molar-refractivity contribution is -0.148. The van der Waals surface area contributed by atoms with E-state index in [4.69, 9.17) is 0 Å². The highest BCUT2D eigenvalue weighted by molar-refractivity contribution is 5.92. The van der Waals surface area contributed by atoms with Gasteiger partial charge in [0.2, 0.25) is 0 Å². The number of ether oxygens (including phenoxy) is 1. The first-order valence-electron chi connectivity index (χ1n) is 4.11. The number of hydrogen-bond donors (Lipinski definition) is 0. The van der Waals surface area contributed by atoms with Gasteiger partial charge < -0.3 is 4.74 Å². The number of hydrogen-bond acceptors (Lipinski definition) is 3. The van der Waals surface area contributed by atoms with Crippen molar-refractivity contribution < 1.29 is 18.7 Å². The summed E-state index contributed by atoms with van der Waals surface area (Å²) in [4.78, 5) is 22.0. The fourth-order valence-corrected chi connectivity index (χ4v) is 1.03. The molecule has 13 heavy (non-hydrogen) atoms. The number of rotatable bonds is 4. The van der Waals surface area contributed by atoms with E-state index in [-0.39, 0.29) is 0 Å². The SMILES string of the molecule is COC(=O)CC(C)(F)C(=O)C(C)C. The number of halogens is 1. The quantitative estimate of drug-likeness (QED) is 0.631. The van der Waals surface area contributed by atoms with Crippen molar-refractivity contribution in [2.75, 3.05) is 7.11 Å². The fraction of sp³-hybridized carbons (Fsp3) is 0.778. The molecule has 0 fully saturated rings. The summed E-state index contributed by atoms with van der Waals surface area (Å²) in [6.07, 6.45) is -0.513. The van der Waals surface area contributed by atoms with Gasteiger partial charge in [0.25, 0.3) is 0 Å². The summed E-state index contributed by atoms with van der Waals surface area (Å²) in [7, 11) is 1.16. The van der Waals surface area contributed by atoms with Crippen molar-refractivity contribution in [3.8, 4) is 0 Å². The molecule has 0 N–H and O–H groups in total. The predicted octanol–water partition coefficient (Wildman–Crippen LogP) is 1.50. The predicted molar refractivity (Wildman–Crippen MR) is 46.0 cm³/mol. The van der Waals surface area contributed by atoms with Gasteiger partial charge in [0.05, 0.1) is 13.5 Å². The fourth-order valence-electron chi connectivity index (χ4n) is 1.03. The van der Waals surface area contributed by atoms with Crippen molar-refractivity contribution >= 4 is 11.8 Å². The Bertz CT molecular complexity index is 209. The van der Waals surface area contributed by atoms with Crippen LogP contribution in [0.5, 0.6) is 0 Å². The van der Waals surface area contributed by atoms with Crippen molar-refractivity contribution in [2.45, 2.75) is 32.9 Å². The minimum atomic E-state index is -2.11. The van der Waals surface area contributed by atoms with Crippen LogP contribution in [0, 0.1) is 5.92 Å². The van der Waals surface area contributed by atoms with Gasteiger partial charge in [-0.15, -0.1) is 0 Å². The van der Waals surface area contributed by atoms with Crippen molar-refractivity contribution in [2.24, 2.45) is 5.92 Å². The van der Waals surface area contributed by atoms with Gasteiger partial charge in [-0.1, -0.05) is 13.8 Å². The molecule has 1 unspecified atom stereocenters. The van der Waals surface area contributed by atoms with E-state index in [1.807, 2.05) is 0 Å². The monoisotopic (exact) mass is 190 g/mol. The summed E-state index contributed by atoms with van der Waals surface area (Å²) in [5, 5.41) is 0. The van der Waals surface area contributed by atoms with Crippen LogP contribution in [0.3, 0.4) is 0 Å². The lowest BCUT2D eigenvalue weighted by Crippen LogP contribution is -2.36. The zero-order chi connectivity index (χ0) is 10.6. The van der Waals surface area contributed by atoms with Crippen LogP contribution < -0.4 is 0 Å². The highest BCUT2D eigenvalue weighted by Crippen LogP contribution is 2.21. The van der Waals surface area contributed by atoms with Gasteiger partial charge in [-0.3, -0.25) is 9.59 Å². The second-order valence-corrected chi connectivity index (χ2v) is 3.47. The van der Waals surface area contributed by atoms with Crippen molar-refractivity contribution in [1.29, 1.82) is 0 Å². The van der Waals surface area contributed by atoms with E-state index in [0.29, 0.717) is 0 Å². The highest BCUT2D eigenvalue weighted by atomic mass is 19.1. The molecule has 0 aliphatic rings. The Hall–Kier alpha value is -0.930. The van der Waals surface area contributed by atoms with Gasteiger partial charge in [0, 0.05) is 5.92 Å². The summed E-state index contributed by atoms with van der Waals surface area (Å²) in [6, 6.07) is 0. The van der Waals surface area contributed by atoms with Gasteiger partial charge in [0.1, 0.15) is 0 Å². The molecule has 0 spiro atoms. The Morgan fingerprint density at radius 1 is 1.46 bits per heavy atom. The van der Waals surface area contributed by atoms with Crippen LogP contribution in [0.15, 0.2) is 0 Å². The summed E-state index contributed by atoms with van der Waals surface area (Å²) in [5.74, 6) is -1.70. The van der Waals surface area contributed by atoms with E-state index >= 15 is 0 Å². The van der Waals surface area contributed by atoms with Crippen LogP contribution in [0.25, 0.3) is 0 Å². The summed E-state index contributed by atoms with van der Waals surface area (Å²) in [5.41, 5.74) is -2.11. The number of carbonyl (C=O) groups is 2. The maximum absolute atomic E-state index is 13.5. The third kappa shape index (κ3) is 3.53. The van der Waals surface area contributed by atoms with Crippen molar-refractivity contribution in [3.05, 3.63) is 0 Å². The molecule has 1 atom stereocenters. The Balaban J connectivity index is 4.39. The standard InChI is InChI=1S/C9H15FO3/c1-6(2)8(12)9(3,10)5-7(11)13-4/h6H,5H2,1-4H3. The first-order valence-corrected chi connectivity index (χ1v) is 4.11. The maximum Gasteiger partial charge on any atom is 0.309 e. The lowest BCUT2D eigenvalue weighted by atomic mass is 9.91. The number of Topliss-reactive ketones (excluding diaryl/α,β-unsaturated/α-hetero) is 1. The Labute approximate surface area is 77.3 Å². The molecule has 0 aromatic carbocycles. The summed E-state index contributed by atoms with van der Waals surface area (Å²) >= 11 is 0. The topological polar surface area (TPSA) is 43.4 Å². The molecule has 0 radical (unpaired) electrons. The smallest absolute Gasteiger partial charge is 0.309 e. The average Bonchev–Trinajstić information content (AvgIpc) is 2.01. The van der Waals surface area contributed by atoms with Crippen molar-refractivity contribution in [3.63, 3.8) is 0 Å². The van der Waals surface area contributed by atoms with Crippen LogP contribution in [-0.2, 0) is 14.3 Å². The van der Waals surface area contributed by atoms with E-state index in [1.54, 1.807) is 13.8 Å². The zero-order valence-corrected chi connectivity index (χ0v) is 8.39. The molecule has 0 rings (SSSR count). The van der Waals surface area contributed by atoms with Gasteiger partial charge in [-0.25, -0.2) is 4.39 Å². The number of methoxy groups -OCH3 is 1. The molecule has 0 heterocycles. The largest absolute Gasteiger partial charge is 0.469 e. The molecular weight excluding hydrogens is 175 g/mol. The zero-order valence-electron chi connectivity index (χ0n) is 8.39. The van der Waals surface area contributed by atoms with E-state index in [2.05, 4.69) is 4.74 Å². The van der Waals surface area contributed by atoms with E-state index in [1.165, 1.54) is 0 Å². The summed E-state index contributed by atoms with van der Waals surface area (Å²) in [6.45, 7) is 4.29. The van der Waals surface area contributed by atoms with Crippen LogP contribution in [0.4, 0.5) is 4.39 Å². The molecule has 3 nitrogen and oxygen atoms in total. The maximum atomic E-state index is 13.5. The van der Waals surface area contributed by atoms with E-state index in [9.17, 15) is 14.0 Å². The Kier molecular flexibility index (Phi) is 4.04. The minimum Gasteiger partial charge on any atom is -0.469 e. The van der Waals surface area contributed by atoms with Gasteiger partial charge >= 0.3 is 5.97 Å². The molecule has 0 bridgehead atoms. The Morgan fingerprint density at radius 2 is 1.92 bits per heavy atom. The second-order valence-electron chi connectivity index (χ2n) is 3.47. The number of esters is 1. The molecular formula is C9H15FO3. The minimum absolute atomic E-state index is 0.417. The van der Waals surface area contributed by atoms with Crippen LogP contribution >= 0.6 is 0 Å². The Morgan fingerprint density at radius 3 is 2.23 bits per heavy atom. The van der Waals surface area contributed by atoms with E-state index in [0.717, 1.165) is 14.0 Å². The molecule has 76 valence electrons. The number of ketones is 1. The molecule has 0 saturated heterocycles. The second kappa shape index (κ2) is 4.35. The molecule has 0 saturated carbocycles. The van der Waals surface area contributed by atoms with Gasteiger partial charge in [-0.05, 0) is 6.92 Å². The van der Waals surface area contributed by atoms with E-state index < -0.39 is 29.8 Å². The molecule has 0 aliphatic heterocycles. The summed E-state index contributed by atoms with van der Waals surface area (Å²) < 4.78 is 17.8. The lowest BCUT2D eigenvalue weighted by Gasteiger charge is -2.19. The van der Waals surface area contributed by atoms with Crippen LogP contribution in [-0.4, -0.2) is 24.5 Å². The van der Waals surface area contributed by atoms with Crippen LogP contribution in [0.1, 0.15) is 27.2 Å². The molecule has 0 aromatic heterocycles. The highest BCUT2D eigenvalue weighted by Gasteiger charge is 2.37. The third-order valence-electron chi connectivity index (χ3n) is 1.74. The van der Waals surface area contributed by atoms with Gasteiger partial charge in [-0.2, -0.15) is 0 Å². The van der Waals surface area contributed by atoms with Gasteiger partial charge in [0.15, 0.2) is 11.5 Å². The van der Waals surface area contributed by atoms with Crippen molar-refractivity contribution in [1.82, 2.24) is 0 Å². The first kappa shape index (κ1) is 12.1. The number of carbonyl (C=O) groups excluding carboxylic acids is 2. The normalized spacial score (nSPS) is 15.2.